The lowest BCUT2D eigenvalue weighted by atomic mass is 9.91. The first-order valence-electron chi connectivity index (χ1n) is 14.8. The Balaban J connectivity index is 1.63. The van der Waals surface area contributed by atoms with Crippen molar-refractivity contribution in [1.29, 1.82) is 0 Å². The predicted molar refractivity (Wildman–Crippen MR) is 174 cm³/mol. The Labute approximate surface area is 258 Å². The predicted octanol–water partition coefficient (Wildman–Crippen LogP) is 4.20. The summed E-state index contributed by atoms with van der Waals surface area (Å²) in [6.07, 6.45) is 0.556. The summed E-state index contributed by atoms with van der Waals surface area (Å²) in [6, 6.07) is 37.2. The van der Waals surface area contributed by atoms with E-state index in [1.165, 1.54) is 0 Å². The van der Waals surface area contributed by atoms with Gasteiger partial charge in [0.1, 0.15) is 6.04 Å². The van der Waals surface area contributed by atoms with E-state index in [0.29, 0.717) is 6.42 Å². The third kappa shape index (κ3) is 9.39. The molecule has 0 heterocycles. The van der Waals surface area contributed by atoms with Crippen molar-refractivity contribution in [3.8, 4) is 0 Å². The Morgan fingerprint density at radius 2 is 1.09 bits per heavy atom. The molecule has 1 atom stereocenters. The van der Waals surface area contributed by atoms with Gasteiger partial charge in [0.25, 0.3) is 0 Å². The minimum Gasteiger partial charge on any atom is -0.370 e. The molecule has 5 N–H and O–H groups in total. The van der Waals surface area contributed by atoms with Crippen molar-refractivity contribution in [2.45, 2.75) is 37.6 Å². The molecule has 3 amide bonds. The minimum atomic E-state index is -1.05. The van der Waals surface area contributed by atoms with E-state index >= 15 is 0 Å². The number of rotatable bonds is 14. The van der Waals surface area contributed by atoms with Gasteiger partial charge in [-0.05, 0) is 35.1 Å². The molecular formula is C36H39N5O3. The quantitative estimate of drug-likeness (QED) is 0.115. The SMILES string of the molecule is NC(N)=NCCCC(C(=O)NCC(c1ccccc1)c1ccccc1)N(C(=O)Cc1ccccc1)C(=O)Cc1ccccc1. The van der Waals surface area contributed by atoms with Crippen LogP contribution in [0.15, 0.2) is 126 Å². The maximum absolute atomic E-state index is 14.1. The van der Waals surface area contributed by atoms with Gasteiger partial charge in [0.05, 0.1) is 12.8 Å². The first kappa shape index (κ1) is 31.7. The second kappa shape index (κ2) is 16.4. The van der Waals surface area contributed by atoms with Gasteiger partial charge < -0.3 is 16.8 Å². The molecule has 0 aliphatic heterocycles. The van der Waals surface area contributed by atoms with Crippen molar-refractivity contribution in [3.63, 3.8) is 0 Å². The number of nitrogens with one attached hydrogen (secondary N) is 1. The third-order valence-corrected chi connectivity index (χ3v) is 7.36. The largest absolute Gasteiger partial charge is 0.370 e. The highest BCUT2D eigenvalue weighted by molar-refractivity contribution is 6.01. The molecular weight excluding hydrogens is 550 g/mol. The summed E-state index contributed by atoms with van der Waals surface area (Å²) in [5, 5.41) is 3.08. The summed E-state index contributed by atoms with van der Waals surface area (Å²) in [6.45, 7) is 0.543. The third-order valence-electron chi connectivity index (χ3n) is 7.36. The van der Waals surface area contributed by atoms with Crippen molar-refractivity contribution < 1.29 is 14.4 Å². The van der Waals surface area contributed by atoms with Crippen LogP contribution in [-0.2, 0) is 27.2 Å². The summed E-state index contributed by atoms with van der Waals surface area (Å²) < 4.78 is 0. The van der Waals surface area contributed by atoms with Gasteiger partial charge in [-0.25, -0.2) is 0 Å². The molecule has 0 aliphatic rings. The Morgan fingerprint density at radius 3 is 1.52 bits per heavy atom. The molecule has 0 bridgehead atoms. The molecule has 4 aromatic rings. The zero-order chi connectivity index (χ0) is 31.1. The highest BCUT2D eigenvalue weighted by Gasteiger charge is 2.34. The number of guanidine groups is 1. The molecule has 0 radical (unpaired) electrons. The van der Waals surface area contributed by atoms with E-state index in [1.807, 2.05) is 121 Å². The summed E-state index contributed by atoms with van der Waals surface area (Å²) in [5.41, 5.74) is 14.6. The van der Waals surface area contributed by atoms with Gasteiger partial charge in [-0.1, -0.05) is 121 Å². The smallest absolute Gasteiger partial charge is 0.243 e. The van der Waals surface area contributed by atoms with Crippen LogP contribution in [0, 0.1) is 0 Å². The van der Waals surface area contributed by atoms with Crippen LogP contribution in [0.3, 0.4) is 0 Å². The monoisotopic (exact) mass is 589 g/mol. The maximum atomic E-state index is 14.1. The van der Waals surface area contributed by atoms with Crippen LogP contribution < -0.4 is 16.8 Å². The fraction of sp³-hybridized carbons (Fsp3) is 0.222. The number of carbonyl (C=O) groups excluding carboxylic acids is 3. The molecule has 8 heteroatoms. The molecule has 0 aromatic heterocycles. The van der Waals surface area contributed by atoms with Crippen LogP contribution in [0.1, 0.15) is 41.0 Å². The maximum Gasteiger partial charge on any atom is 0.243 e. The van der Waals surface area contributed by atoms with Gasteiger partial charge in [0, 0.05) is 19.0 Å². The number of benzene rings is 4. The average molecular weight is 590 g/mol. The number of nitrogens with two attached hydrogens (primary N) is 2. The summed E-state index contributed by atoms with van der Waals surface area (Å²) in [4.78, 5) is 47.0. The van der Waals surface area contributed by atoms with Crippen LogP contribution in [0.4, 0.5) is 0 Å². The van der Waals surface area contributed by atoms with Crippen LogP contribution in [-0.4, -0.2) is 47.7 Å². The Kier molecular flexibility index (Phi) is 11.8. The summed E-state index contributed by atoms with van der Waals surface area (Å²) in [5.74, 6) is -1.48. The lowest BCUT2D eigenvalue weighted by molar-refractivity contribution is -0.151. The number of carbonyl (C=O) groups is 3. The van der Waals surface area contributed by atoms with Crippen LogP contribution >= 0.6 is 0 Å². The van der Waals surface area contributed by atoms with E-state index in [2.05, 4.69) is 10.3 Å². The molecule has 0 aliphatic carbocycles. The van der Waals surface area contributed by atoms with Gasteiger partial charge in [0.15, 0.2) is 5.96 Å². The van der Waals surface area contributed by atoms with E-state index in [1.54, 1.807) is 0 Å². The number of hydrogen-bond donors (Lipinski definition) is 3. The second-order valence-electron chi connectivity index (χ2n) is 10.6. The van der Waals surface area contributed by atoms with E-state index < -0.39 is 23.8 Å². The molecule has 44 heavy (non-hydrogen) atoms. The van der Waals surface area contributed by atoms with Crippen molar-refractivity contribution in [2.75, 3.05) is 13.1 Å². The normalized spacial score (nSPS) is 11.4. The number of aliphatic imine (C=N–C) groups is 1. The lowest BCUT2D eigenvalue weighted by Gasteiger charge is -2.30. The van der Waals surface area contributed by atoms with E-state index in [9.17, 15) is 14.4 Å². The Hall–Kier alpha value is -5.24. The topological polar surface area (TPSA) is 131 Å². The Bertz CT molecular complexity index is 1420. The second-order valence-corrected chi connectivity index (χ2v) is 10.6. The molecule has 0 saturated carbocycles. The number of amides is 3. The molecule has 4 aromatic carbocycles. The average Bonchev–Trinajstić information content (AvgIpc) is 3.04. The Morgan fingerprint density at radius 1 is 0.659 bits per heavy atom. The molecule has 8 nitrogen and oxygen atoms in total. The van der Waals surface area contributed by atoms with Gasteiger partial charge in [-0.15, -0.1) is 0 Å². The molecule has 0 saturated heterocycles. The number of imide groups is 1. The first-order chi connectivity index (χ1) is 21.4. The summed E-state index contributed by atoms with van der Waals surface area (Å²) in [7, 11) is 0. The highest BCUT2D eigenvalue weighted by Crippen LogP contribution is 2.24. The standard InChI is InChI=1S/C36H39N5O3/c37-36(38)39-23-13-22-32(35(44)40-26-31(29-18-9-3-10-19-29)30-20-11-4-12-21-30)41(33(42)24-27-14-5-1-6-15-27)34(43)25-28-16-7-2-8-17-28/h1-12,14-21,31-32H,13,22-26H2,(H,40,44)(H4,37,38,39). The van der Waals surface area contributed by atoms with Crippen LogP contribution in [0.2, 0.25) is 0 Å². The van der Waals surface area contributed by atoms with Gasteiger partial charge in [-0.2, -0.15) is 0 Å². The summed E-state index contributed by atoms with van der Waals surface area (Å²) >= 11 is 0. The molecule has 0 fully saturated rings. The van der Waals surface area contributed by atoms with E-state index in [0.717, 1.165) is 27.2 Å². The van der Waals surface area contributed by atoms with Crippen LogP contribution in [0.25, 0.3) is 0 Å². The van der Waals surface area contributed by atoms with E-state index in [4.69, 9.17) is 11.5 Å². The zero-order valence-electron chi connectivity index (χ0n) is 24.7. The highest BCUT2D eigenvalue weighted by atomic mass is 16.2. The van der Waals surface area contributed by atoms with Crippen molar-refractivity contribution in [3.05, 3.63) is 144 Å². The first-order valence-corrected chi connectivity index (χ1v) is 14.8. The van der Waals surface area contributed by atoms with Gasteiger partial charge >= 0.3 is 0 Å². The molecule has 1 unspecified atom stereocenters. The number of nitrogens with zero attached hydrogens (tertiary/aromatic N) is 2. The lowest BCUT2D eigenvalue weighted by Crippen LogP contribution is -2.53. The van der Waals surface area contributed by atoms with E-state index in [-0.39, 0.29) is 44.2 Å². The van der Waals surface area contributed by atoms with Crippen molar-refractivity contribution in [1.82, 2.24) is 10.2 Å². The van der Waals surface area contributed by atoms with Crippen molar-refractivity contribution in [2.24, 2.45) is 16.5 Å². The fourth-order valence-corrected chi connectivity index (χ4v) is 5.19. The van der Waals surface area contributed by atoms with Crippen molar-refractivity contribution >= 4 is 23.7 Å². The molecule has 4 rings (SSSR count). The number of hydrogen-bond acceptors (Lipinski definition) is 4. The molecule has 226 valence electrons. The zero-order valence-corrected chi connectivity index (χ0v) is 24.7. The van der Waals surface area contributed by atoms with Gasteiger partial charge in [0.2, 0.25) is 17.7 Å². The minimum absolute atomic E-state index is 0.0181. The van der Waals surface area contributed by atoms with Gasteiger partial charge in [-0.3, -0.25) is 24.3 Å². The molecule has 0 spiro atoms. The fourth-order valence-electron chi connectivity index (χ4n) is 5.19. The van der Waals surface area contributed by atoms with Crippen LogP contribution in [0.5, 0.6) is 0 Å².